The van der Waals surface area contributed by atoms with E-state index in [4.69, 9.17) is 9.47 Å². The summed E-state index contributed by atoms with van der Waals surface area (Å²) >= 11 is 0. The van der Waals surface area contributed by atoms with Gasteiger partial charge >= 0.3 is 6.09 Å². The number of likely N-dealkylation sites (tertiary alicyclic amines) is 1. The summed E-state index contributed by atoms with van der Waals surface area (Å²) in [5, 5.41) is 11.8. The van der Waals surface area contributed by atoms with E-state index in [1.807, 2.05) is 52.2 Å². The highest BCUT2D eigenvalue weighted by Crippen LogP contribution is 2.32. The molecule has 1 N–H and O–H groups in total. The van der Waals surface area contributed by atoms with E-state index in [0.29, 0.717) is 24.7 Å². The number of carbonyl (C=O) groups excluding carboxylic acids is 1. The maximum absolute atomic E-state index is 13.1. The van der Waals surface area contributed by atoms with Crippen LogP contribution in [-0.4, -0.2) is 65.2 Å². The molecule has 1 fully saturated rings. The van der Waals surface area contributed by atoms with Crippen molar-refractivity contribution in [3.63, 3.8) is 0 Å². The predicted molar refractivity (Wildman–Crippen MR) is 130 cm³/mol. The highest BCUT2D eigenvalue weighted by Gasteiger charge is 2.36. The number of anilines is 2. The number of carbonyl (C=O) groups is 1. The average molecular weight is 495 g/mol. The van der Waals surface area contributed by atoms with Crippen LogP contribution in [0.5, 0.6) is 5.75 Å². The molecule has 0 unspecified atom stereocenters. The van der Waals surface area contributed by atoms with Gasteiger partial charge in [-0.25, -0.2) is 23.7 Å². The molecule has 11 nitrogen and oxygen atoms in total. The lowest BCUT2D eigenvalue weighted by molar-refractivity contribution is -0.0141. The monoisotopic (exact) mass is 494 g/mol. The smallest absolute Gasteiger partial charge is 0.410 e. The molecule has 0 spiro atoms. The van der Waals surface area contributed by atoms with Gasteiger partial charge in [0.1, 0.15) is 17.9 Å². The second-order valence-electron chi connectivity index (χ2n) is 9.57. The Bertz CT molecular complexity index is 1390. The Balaban J connectivity index is 1.30. The van der Waals surface area contributed by atoms with Crippen LogP contribution >= 0.6 is 0 Å². The van der Waals surface area contributed by atoms with Gasteiger partial charge in [-0.3, -0.25) is 4.68 Å². The van der Waals surface area contributed by atoms with E-state index in [-0.39, 0.29) is 18.1 Å². The van der Waals surface area contributed by atoms with Crippen LogP contribution in [0.4, 0.5) is 21.0 Å². The molecule has 0 radical (unpaired) electrons. The summed E-state index contributed by atoms with van der Waals surface area (Å²) in [5.41, 5.74) is 1.97. The van der Waals surface area contributed by atoms with Crippen molar-refractivity contribution in [3.05, 3.63) is 48.8 Å². The molecule has 1 amide bonds. The Hall–Kier alpha value is -4.22. The topological polar surface area (TPSA) is 112 Å². The number of hydrogen-bond donors (Lipinski definition) is 1. The fraction of sp³-hybridized carbons (Fsp3) is 0.375. The summed E-state index contributed by atoms with van der Waals surface area (Å²) < 4.78 is 28.1. The molecular formula is C24H27FN8O3. The number of aryl methyl sites for hydroxylation is 1. The SMILES string of the molecule is Cn1ncc(OC[C@H]2CCN2C(=O)OC(C)(C)C)c1-c1ccn2nc(Nc3ncc(F)cn3)cc2c1. The summed E-state index contributed by atoms with van der Waals surface area (Å²) in [6, 6.07) is 5.66. The zero-order chi connectivity index (χ0) is 25.4. The van der Waals surface area contributed by atoms with Gasteiger partial charge in [0.2, 0.25) is 5.95 Å². The minimum Gasteiger partial charge on any atom is -0.487 e. The number of halogens is 1. The molecule has 1 atom stereocenters. The lowest BCUT2D eigenvalue weighted by atomic mass is 10.1. The van der Waals surface area contributed by atoms with Gasteiger partial charge in [-0.2, -0.15) is 10.2 Å². The lowest BCUT2D eigenvalue weighted by Gasteiger charge is -2.40. The fourth-order valence-corrected chi connectivity index (χ4v) is 3.91. The van der Waals surface area contributed by atoms with Crippen molar-refractivity contribution in [2.24, 2.45) is 7.05 Å². The third-order valence-corrected chi connectivity index (χ3v) is 5.71. The Morgan fingerprint density at radius 3 is 2.69 bits per heavy atom. The van der Waals surface area contributed by atoms with Gasteiger partial charge in [0, 0.05) is 31.4 Å². The van der Waals surface area contributed by atoms with Crippen LogP contribution in [0.15, 0.2) is 43.0 Å². The summed E-state index contributed by atoms with van der Waals surface area (Å²) in [6.45, 7) is 6.56. The second-order valence-corrected chi connectivity index (χ2v) is 9.57. The van der Waals surface area contributed by atoms with Crippen LogP contribution in [-0.2, 0) is 11.8 Å². The number of amides is 1. The van der Waals surface area contributed by atoms with Crippen molar-refractivity contribution in [2.45, 2.75) is 38.8 Å². The van der Waals surface area contributed by atoms with Crippen molar-refractivity contribution in [1.82, 2.24) is 34.3 Å². The van der Waals surface area contributed by atoms with E-state index in [1.165, 1.54) is 0 Å². The summed E-state index contributed by atoms with van der Waals surface area (Å²) in [7, 11) is 1.85. The molecule has 188 valence electrons. The van der Waals surface area contributed by atoms with Crippen molar-refractivity contribution in [1.29, 1.82) is 0 Å². The predicted octanol–water partition coefficient (Wildman–Crippen LogP) is 3.80. The largest absolute Gasteiger partial charge is 0.487 e. The lowest BCUT2D eigenvalue weighted by Crippen LogP contribution is -2.55. The van der Waals surface area contributed by atoms with Crippen LogP contribution in [0.2, 0.25) is 0 Å². The van der Waals surface area contributed by atoms with Gasteiger partial charge in [0.05, 0.1) is 30.1 Å². The standard InChI is InChI=1S/C24H27FN8O3/c1-24(2,3)36-23(34)32-7-6-17(32)14-35-19-13-28-31(4)21(19)15-5-8-33-18(9-15)10-20(30-33)29-22-26-11-16(25)12-27-22/h5,8-13,17H,6-7,14H2,1-4H3,(H,26,27,29,30)/t17-/m1/s1. The molecule has 1 saturated heterocycles. The van der Waals surface area contributed by atoms with Crippen molar-refractivity contribution < 1.29 is 18.7 Å². The zero-order valence-electron chi connectivity index (χ0n) is 20.5. The van der Waals surface area contributed by atoms with E-state index >= 15 is 0 Å². The number of fused-ring (bicyclic) bond motifs is 1. The molecule has 5 rings (SSSR count). The van der Waals surface area contributed by atoms with Gasteiger partial charge in [0.15, 0.2) is 17.4 Å². The Morgan fingerprint density at radius 1 is 1.22 bits per heavy atom. The van der Waals surface area contributed by atoms with E-state index < -0.39 is 11.4 Å². The number of nitrogens with zero attached hydrogens (tertiary/aromatic N) is 7. The number of rotatable bonds is 6. The van der Waals surface area contributed by atoms with Gasteiger partial charge in [-0.1, -0.05) is 0 Å². The first kappa shape index (κ1) is 23.5. The van der Waals surface area contributed by atoms with E-state index in [0.717, 1.165) is 35.6 Å². The molecule has 1 aliphatic rings. The van der Waals surface area contributed by atoms with Gasteiger partial charge in [0.25, 0.3) is 0 Å². The maximum Gasteiger partial charge on any atom is 0.410 e. The summed E-state index contributed by atoms with van der Waals surface area (Å²) in [6.07, 6.45) is 6.20. The molecule has 5 heterocycles. The Kier molecular flexibility index (Phi) is 5.94. The first-order valence-electron chi connectivity index (χ1n) is 11.5. The number of ether oxygens (including phenoxy) is 2. The zero-order valence-corrected chi connectivity index (χ0v) is 20.5. The molecular weight excluding hydrogens is 467 g/mol. The van der Waals surface area contributed by atoms with Crippen molar-refractivity contribution >= 4 is 23.4 Å². The van der Waals surface area contributed by atoms with Crippen LogP contribution in [0.1, 0.15) is 27.2 Å². The molecule has 0 aliphatic carbocycles. The maximum atomic E-state index is 13.1. The number of nitrogens with one attached hydrogen (secondary N) is 1. The van der Waals surface area contributed by atoms with E-state index in [2.05, 4.69) is 25.5 Å². The average Bonchev–Trinajstić information content (AvgIpc) is 3.35. The highest BCUT2D eigenvalue weighted by atomic mass is 19.1. The molecule has 0 saturated carbocycles. The Labute approximate surface area is 206 Å². The number of hydrogen-bond acceptors (Lipinski definition) is 8. The van der Waals surface area contributed by atoms with E-state index in [9.17, 15) is 9.18 Å². The van der Waals surface area contributed by atoms with Crippen molar-refractivity contribution in [3.8, 4) is 17.0 Å². The normalized spacial score (nSPS) is 15.6. The second kappa shape index (κ2) is 9.10. The number of pyridine rings is 1. The van der Waals surface area contributed by atoms with Crippen LogP contribution in [0.25, 0.3) is 16.8 Å². The quantitative estimate of drug-likeness (QED) is 0.431. The van der Waals surface area contributed by atoms with Crippen LogP contribution < -0.4 is 10.1 Å². The molecule has 0 aromatic carbocycles. The van der Waals surface area contributed by atoms with Gasteiger partial charge < -0.3 is 19.7 Å². The van der Waals surface area contributed by atoms with Crippen LogP contribution in [0, 0.1) is 5.82 Å². The minimum absolute atomic E-state index is 0.0486. The van der Waals surface area contributed by atoms with E-state index in [1.54, 1.807) is 20.3 Å². The van der Waals surface area contributed by atoms with Crippen molar-refractivity contribution in [2.75, 3.05) is 18.5 Å². The molecule has 36 heavy (non-hydrogen) atoms. The summed E-state index contributed by atoms with van der Waals surface area (Å²) in [4.78, 5) is 21.9. The number of aromatic nitrogens is 6. The summed E-state index contributed by atoms with van der Waals surface area (Å²) in [5.74, 6) is 0.881. The molecule has 4 aromatic rings. The van der Waals surface area contributed by atoms with Gasteiger partial charge in [-0.05, 0) is 39.3 Å². The first-order chi connectivity index (χ1) is 17.2. The molecule has 1 aliphatic heterocycles. The first-order valence-corrected chi connectivity index (χ1v) is 11.5. The minimum atomic E-state index is -0.539. The van der Waals surface area contributed by atoms with Gasteiger partial charge in [-0.15, -0.1) is 0 Å². The van der Waals surface area contributed by atoms with Crippen LogP contribution in [0.3, 0.4) is 0 Å². The molecule has 4 aromatic heterocycles. The highest BCUT2D eigenvalue weighted by molar-refractivity contribution is 5.73. The molecule has 0 bridgehead atoms. The fourth-order valence-electron chi connectivity index (χ4n) is 3.91. The Morgan fingerprint density at radius 2 is 2.00 bits per heavy atom. The third-order valence-electron chi connectivity index (χ3n) is 5.71. The third kappa shape index (κ3) is 4.92. The molecule has 12 heteroatoms.